The van der Waals surface area contributed by atoms with Gasteiger partial charge in [-0.05, 0) is 55.0 Å². The average Bonchev–Trinajstić information content (AvgIpc) is 2.72. The van der Waals surface area contributed by atoms with E-state index in [0.717, 1.165) is 42.4 Å². The van der Waals surface area contributed by atoms with Crippen molar-refractivity contribution in [2.24, 2.45) is 5.73 Å². The van der Waals surface area contributed by atoms with E-state index < -0.39 is 0 Å². The molecule has 144 valence electrons. The second-order valence-electron chi connectivity index (χ2n) is 7.23. The lowest BCUT2D eigenvalue weighted by atomic mass is 9.92. The van der Waals surface area contributed by atoms with Gasteiger partial charge in [0.05, 0.1) is 16.9 Å². The number of rotatable bonds is 4. The lowest BCUT2D eigenvalue weighted by Gasteiger charge is -2.26. The van der Waals surface area contributed by atoms with E-state index in [2.05, 4.69) is 15.3 Å². The minimum atomic E-state index is -0.252. The van der Waals surface area contributed by atoms with Crippen LogP contribution in [0.4, 0.5) is 10.3 Å². The molecule has 1 heterocycles. The normalized spacial score (nSPS) is 19.4. The summed E-state index contributed by atoms with van der Waals surface area (Å²) in [5.41, 5.74) is 9.46. The van der Waals surface area contributed by atoms with Gasteiger partial charge in [0.25, 0.3) is 0 Å². The first-order valence-electron chi connectivity index (χ1n) is 9.49. The second-order valence-corrected chi connectivity index (χ2v) is 7.64. The van der Waals surface area contributed by atoms with Gasteiger partial charge in [0.15, 0.2) is 0 Å². The molecule has 4 nitrogen and oxygen atoms in total. The molecular weight excluding hydrogens is 375 g/mol. The van der Waals surface area contributed by atoms with Crippen molar-refractivity contribution in [1.29, 1.82) is 0 Å². The molecule has 3 aromatic rings. The molecule has 1 aromatic heterocycles. The highest BCUT2D eigenvalue weighted by molar-refractivity contribution is 6.32. The van der Waals surface area contributed by atoms with Gasteiger partial charge in [-0.1, -0.05) is 41.9 Å². The van der Waals surface area contributed by atoms with E-state index >= 15 is 0 Å². The summed E-state index contributed by atoms with van der Waals surface area (Å²) >= 11 is 6.39. The van der Waals surface area contributed by atoms with Crippen molar-refractivity contribution in [3.05, 3.63) is 65.6 Å². The van der Waals surface area contributed by atoms with Gasteiger partial charge in [0, 0.05) is 17.6 Å². The molecule has 3 N–H and O–H groups in total. The maximum atomic E-state index is 13.2. The van der Waals surface area contributed by atoms with E-state index in [1.54, 1.807) is 18.3 Å². The molecule has 1 fully saturated rings. The van der Waals surface area contributed by atoms with Gasteiger partial charge >= 0.3 is 0 Å². The van der Waals surface area contributed by atoms with Crippen molar-refractivity contribution in [2.75, 3.05) is 5.32 Å². The fourth-order valence-corrected chi connectivity index (χ4v) is 3.77. The summed E-state index contributed by atoms with van der Waals surface area (Å²) in [5.74, 6) is 0.324. The number of benzene rings is 2. The molecular formula is C22H22ClFN4. The van der Waals surface area contributed by atoms with Crippen LogP contribution in [0.25, 0.3) is 22.4 Å². The van der Waals surface area contributed by atoms with E-state index in [1.807, 2.05) is 24.3 Å². The minimum absolute atomic E-state index is 0.252. The lowest BCUT2D eigenvalue weighted by Crippen LogP contribution is -2.33. The number of halogens is 2. The van der Waals surface area contributed by atoms with Crippen LogP contribution < -0.4 is 11.1 Å². The van der Waals surface area contributed by atoms with Crippen molar-refractivity contribution in [2.45, 2.75) is 37.8 Å². The van der Waals surface area contributed by atoms with Gasteiger partial charge in [-0.2, -0.15) is 0 Å². The van der Waals surface area contributed by atoms with Crippen LogP contribution >= 0.6 is 11.6 Å². The maximum absolute atomic E-state index is 13.2. The molecule has 0 amide bonds. The molecule has 0 saturated heterocycles. The first-order chi connectivity index (χ1) is 13.6. The largest absolute Gasteiger partial charge is 0.351 e. The van der Waals surface area contributed by atoms with Crippen LogP contribution in [0.3, 0.4) is 0 Å². The molecule has 1 saturated carbocycles. The molecule has 0 aliphatic heterocycles. The second kappa shape index (κ2) is 8.25. The number of aromatic nitrogens is 2. The maximum Gasteiger partial charge on any atom is 0.223 e. The Morgan fingerprint density at radius 2 is 1.68 bits per heavy atom. The summed E-state index contributed by atoms with van der Waals surface area (Å²) in [6, 6.07) is 15.0. The number of hydrogen-bond donors (Lipinski definition) is 2. The predicted molar refractivity (Wildman–Crippen MR) is 112 cm³/mol. The summed E-state index contributed by atoms with van der Waals surface area (Å²) in [6.45, 7) is 0. The molecule has 1 aliphatic carbocycles. The van der Waals surface area contributed by atoms with Gasteiger partial charge in [0.2, 0.25) is 5.95 Å². The van der Waals surface area contributed by atoms with E-state index in [1.165, 1.54) is 12.1 Å². The number of anilines is 1. The Morgan fingerprint density at radius 3 is 2.43 bits per heavy atom. The Kier molecular flexibility index (Phi) is 5.55. The summed E-state index contributed by atoms with van der Waals surface area (Å²) in [7, 11) is 0. The highest BCUT2D eigenvalue weighted by Gasteiger charge is 2.19. The Labute approximate surface area is 169 Å². The van der Waals surface area contributed by atoms with E-state index in [9.17, 15) is 4.39 Å². The Balaban J connectivity index is 1.60. The lowest BCUT2D eigenvalue weighted by molar-refractivity contribution is 0.410. The first kappa shape index (κ1) is 18.8. The topological polar surface area (TPSA) is 63.8 Å². The van der Waals surface area contributed by atoms with Gasteiger partial charge in [0.1, 0.15) is 5.82 Å². The molecule has 0 atom stereocenters. The zero-order valence-electron chi connectivity index (χ0n) is 15.4. The van der Waals surface area contributed by atoms with Crippen LogP contribution in [0.1, 0.15) is 25.7 Å². The first-order valence-corrected chi connectivity index (χ1v) is 9.87. The van der Waals surface area contributed by atoms with Crippen LogP contribution in [0, 0.1) is 5.82 Å². The molecule has 0 spiro atoms. The van der Waals surface area contributed by atoms with Crippen molar-refractivity contribution in [3.63, 3.8) is 0 Å². The predicted octanol–water partition coefficient (Wildman–Crippen LogP) is 5.28. The quantitative estimate of drug-likeness (QED) is 0.629. The van der Waals surface area contributed by atoms with Crippen molar-refractivity contribution < 1.29 is 4.39 Å². The van der Waals surface area contributed by atoms with Crippen LogP contribution in [0.5, 0.6) is 0 Å². The molecule has 2 aromatic carbocycles. The van der Waals surface area contributed by atoms with E-state index in [4.69, 9.17) is 17.3 Å². The molecule has 6 heteroatoms. The third kappa shape index (κ3) is 4.32. The van der Waals surface area contributed by atoms with Crippen molar-refractivity contribution in [3.8, 4) is 22.4 Å². The third-order valence-corrected chi connectivity index (χ3v) is 5.44. The molecule has 1 aliphatic rings. The molecule has 0 bridgehead atoms. The smallest absolute Gasteiger partial charge is 0.223 e. The molecule has 4 rings (SSSR count). The van der Waals surface area contributed by atoms with E-state index in [-0.39, 0.29) is 5.82 Å². The van der Waals surface area contributed by atoms with Gasteiger partial charge < -0.3 is 11.1 Å². The minimum Gasteiger partial charge on any atom is -0.351 e. The van der Waals surface area contributed by atoms with Crippen molar-refractivity contribution in [1.82, 2.24) is 9.97 Å². The summed E-state index contributed by atoms with van der Waals surface area (Å²) in [5, 5.41) is 3.91. The van der Waals surface area contributed by atoms with Crippen LogP contribution in [0.2, 0.25) is 5.02 Å². The van der Waals surface area contributed by atoms with Crippen LogP contribution in [-0.2, 0) is 0 Å². The summed E-state index contributed by atoms with van der Waals surface area (Å²) in [4.78, 5) is 9.00. The summed E-state index contributed by atoms with van der Waals surface area (Å²) < 4.78 is 13.2. The molecule has 0 unspecified atom stereocenters. The zero-order valence-corrected chi connectivity index (χ0v) is 16.2. The molecule has 28 heavy (non-hydrogen) atoms. The highest BCUT2D eigenvalue weighted by atomic mass is 35.5. The SMILES string of the molecule is N[C@H]1CC[C@H](Nc2ncc(Cl)c(-c3cccc(-c4ccc(F)cc4)c3)n2)CC1. The monoisotopic (exact) mass is 396 g/mol. The summed E-state index contributed by atoms with van der Waals surface area (Å²) in [6.07, 6.45) is 5.69. The number of nitrogens with one attached hydrogen (secondary N) is 1. The van der Waals surface area contributed by atoms with Gasteiger partial charge in [-0.15, -0.1) is 0 Å². The van der Waals surface area contributed by atoms with Crippen LogP contribution in [0.15, 0.2) is 54.7 Å². The Hall–Kier alpha value is -2.50. The zero-order chi connectivity index (χ0) is 19.5. The number of nitrogens with two attached hydrogens (primary N) is 1. The fourth-order valence-electron chi connectivity index (χ4n) is 3.57. The van der Waals surface area contributed by atoms with Crippen molar-refractivity contribution >= 4 is 17.5 Å². The molecule has 0 radical (unpaired) electrons. The van der Waals surface area contributed by atoms with E-state index in [0.29, 0.717) is 28.7 Å². The number of nitrogens with zero attached hydrogens (tertiary/aromatic N) is 2. The average molecular weight is 397 g/mol. The van der Waals surface area contributed by atoms with Gasteiger partial charge in [-0.3, -0.25) is 0 Å². The highest BCUT2D eigenvalue weighted by Crippen LogP contribution is 2.30. The fraction of sp³-hybridized carbons (Fsp3) is 0.273. The number of hydrogen-bond acceptors (Lipinski definition) is 4. The Bertz CT molecular complexity index is 953. The standard InChI is InChI=1S/C22H22ClFN4/c23-20-13-26-22(27-19-10-8-18(25)9-11-19)28-21(20)16-3-1-2-15(12-16)14-4-6-17(24)7-5-14/h1-7,12-13,18-19H,8-11,25H2,(H,26,27,28)/t18-,19-. The third-order valence-electron chi connectivity index (χ3n) is 5.16. The van der Waals surface area contributed by atoms with Gasteiger partial charge in [-0.25, -0.2) is 14.4 Å². The van der Waals surface area contributed by atoms with Crippen LogP contribution in [-0.4, -0.2) is 22.1 Å². The Morgan fingerprint density at radius 1 is 0.964 bits per heavy atom.